The zero-order valence-electron chi connectivity index (χ0n) is 4.23. The van der Waals surface area contributed by atoms with E-state index >= 15 is 0 Å². The van der Waals surface area contributed by atoms with Gasteiger partial charge in [-0.3, -0.25) is 0 Å². The smallest absolute Gasteiger partial charge is 0.0180 e. The number of hydrogen-bond donors (Lipinski definition) is 0. The largest absolute Gasteiger partial charge is 0.0887 e. The maximum atomic E-state index is 3.59. The molecule has 0 radical (unpaired) electrons. The van der Waals surface area contributed by atoms with E-state index in [1.165, 1.54) is 19.3 Å². The van der Waals surface area contributed by atoms with E-state index in [-0.39, 0.29) is 0 Å². The minimum absolute atomic E-state index is 0.917. The molecule has 0 amide bonds. The van der Waals surface area contributed by atoms with Crippen LogP contribution >= 0.6 is 15.9 Å². The van der Waals surface area contributed by atoms with E-state index in [0.717, 1.165) is 16.7 Å². The van der Waals surface area contributed by atoms with Crippen molar-refractivity contribution in [2.75, 3.05) is 0 Å². The van der Waals surface area contributed by atoms with Crippen molar-refractivity contribution in [2.24, 2.45) is 11.8 Å². The second-order valence-electron chi connectivity index (χ2n) is 2.75. The van der Waals surface area contributed by atoms with Gasteiger partial charge in [0.1, 0.15) is 0 Å². The summed E-state index contributed by atoms with van der Waals surface area (Å²) in [4.78, 5) is 0.917. The van der Waals surface area contributed by atoms with Crippen LogP contribution in [0.5, 0.6) is 0 Å². The van der Waals surface area contributed by atoms with E-state index < -0.39 is 0 Å². The molecule has 0 spiro atoms. The van der Waals surface area contributed by atoms with Crippen molar-refractivity contribution in [3.05, 3.63) is 0 Å². The molecule has 0 bridgehead atoms. The molecule has 0 aliphatic heterocycles. The second kappa shape index (κ2) is 1.25. The van der Waals surface area contributed by atoms with Crippen molar-refractivity contribution in [1.82, 2.24) is 0 Å². The molecule has 2 unspecified atom stereocenters. The van der Waals surface area contributed by atoms with Crippen LogP contribution in [0.4, 0.5) is 0 Å². The highest BCUT2D eigenvalue weighted by Crippen LogP contribution is 2.53. The standard InChI is InChI=1S/C6H9Br/c7-6-3-5(6)4-1-2-4/h4-6H,1-3H2. The van der Waals surface area contributed by atoms with E-state index in [1.807, 2.05) is 0 Å². The Hall–Kier alpha value is 0.480. The van der Waals surface area contributed by atoms with Crippen LogP contribution in [0.2, 0.25) is 0 Å². The van der Waals surface area contributed by atoms with Crippen molar-refractivity contribution in [3.8, 4) is 0 Å². The molecule has 0 saturated heterocycles. The first kappa shape index (κ1) is 4.37. The van der Waals surface area contributed by atoms with Crippen molar-refractivity contribution in [1.29, 1.82) is 0 Å². The van der Waals surface area contributed by atoms with Crippen LogP contribution in [0.15, 0.2) is 0 Å². The van der Waals surface area contributed by atoms with Crippen LogP contribution in [-0.4, -0.2) is 4.83 Å². The van der Waals surface area contributed by atoms with Crippen molar-refractivity contribution in [2.45, 2.75) is 24.1 Å². The summed E-state index contributed by atoms with van der Waals surface area (Å²) >= 11 is 3.59. The van der Waals surface area contributed by atoms with E-state index in [4.69, 9.17) is 0 Å². The third-order valence-electron chi connectivity index (χ3n) is 1.99. The Morgan fingerprint density at radius 2 is 1.86 bits per heavy atom. The van der Waals surface area contributed by atoms with Gasteiger partial charge in [-0.05, 0) is 31.1 Å². The quantitative estimate of drug-likeness (QED) is 0.517. The minimum Gasteiger partial charge on any atom is -0.0887 e. The summed E-state index contributed by atoms with van der Waals surface area (Å²) in [6.45, 7) is 0. The molecule has 2 saturated carbocycles. The molecular formula is C6H9Br. The van der Waals surface area contributed by atoms with E-state index in [2.05, 4.69) is 15.9 Å². The highest BCUT2D eigenvalue weighted by molar-refractivity contribution is 9.09. The first-order chi connectivity index (χ1) is 3.38. The summed E-state index contributed by atoms with van der Waals surface area (Å²) < 4.78 is 0. The number of alkyl halides is 1. The molecule has 7 heavy (non-hydrogen) atoms. The van der Waals surface area contributed by atoms with Crippen LogP contribution in [0, 0.1) is 11.8 Å². The van der Waals surface area contributed by atoms with Gasteiger partial charge >= 0.3 is 0 Å². The summed E-state index contributed by atoms with van der Waals surface area (Å²) in [7, 11) is 0. The maximum Gasteiger partial charge on any atom is 0.0180 e. The Balaban J connectivity index is 1.88. The Bertz CT molecular complexity index is 86.2. The molecule has 0 N–H and O–H groups in total. The van der Waals surface area contributed by atoms with Crippen molar-refractivity contribution >= 4 is 15.9 Å². The lowest BCUT2D eigenvalue weighted by atomic mass is 10.3. The van der Waals surface area contributed by atoms with Crippen LogP contribution in [-0.2, 0) is 0 Å². The van der Waals surface area contributed by atoms with Crippen LogP contribution in [0.1, 0.15) is 19.3 Å². The SMILES string of the molecule is BrC1CC1C1CC1. The van der Waals surface area contributed by atoms with Gasteiger partial charge < -0.3 is 0 Å². The Morgan fingerprint density at radius 3 is 2.00 bits per heavy atom. The van der Waals surface area contributed by atoms with Gasteiger partial charge in [0.2, 0.25) is 0 Å². The lowest BCUT2D eigenvalue weighted by molar-refractivity contribution is 0.721. The summed E-state index contributed by atoms with van der Waals surface area (Å²) in [5.74, 6) is 2.24. The Morgan fingerprint density at radius 1 is 1.29 bits per heavy atom. The molecular weight excluding hydrogens is 152 g/mol. The molecule has 0 heterocycles. The van der Waals surface area contributed by atoms with Gasteiger partial charge in [0.05, 0.1) is 0 Å². The van der Waals surface area contributed by atoms with Gasteiger partial charge in [0.25, 0.3) is 0 Å². The molecule has 2 atom stereocenters. The molecule has 0 aromatic rings. The van der Waals surface area contributed by atoms with Crippen molar-refractivity contribution in [3.63, 3.8) is 0 Å². The van der Waals surface area contributed by atoms with E-state index in [9.17, 15) is 0 Å². The molecule has 0 aromatic carbocycles. The van der Waals surface area contributed by atoms with Gasteiger partial charge in [-0.1, -0.05) is 15.9 Å². The fourth-order valence-electron chi connectivity index (χ4n) is 1.19. The summed E-state index contributed by atoms with van der Waals surface area (Å²) in [6, 6.07) is 0. The number of hydrogen-bond acceptors (Lipinski definition) is 0. The van der Waals surface area contributed by atoms with Crippen molar-refractivity contribution < 1.29 is 0 Å². The fourth-order valence-corrected chi connectivity index (χ4v) is 2.06. The summed E-state index contributed by atoms with van der Waals surface area (Å²) in [5, 5.41) is 0. The normalized spacial score (nSPS) is 49.3. The summed E-state index contributed by atoms with van der Waals surface area (Å²) in [6.07, 6.45) is 4.50. The molecule has 0 aromatic heterocycles. The third kappa shape index (κ3) is 0.716. The van der Waals surface area contributed by atoms with E-state index in [0.29, 0.717) is 0 Å². The zero-order valence-corrected chi connectivity index (χ0v) is 5.82. The van der Waals surface area contributed by atoms with Gasteiger partial charge in [0.15, 0.2) is 0 Å². The molecule has 2 aliphatic carbocycles. The molecule has 2 aliphatic rings. The molecule has 1 heteroatoms. The Labute approximate surface area is 52.4 Å². The average molecular weight is 161 g/mol. The van der Waals surface area contributed by atoms with Crippen LogP contribution in [0.25, 0.3) is 0 Å². The van der Waals surface area contributed by atoms with Gasteiger partial charge in [-0.25, -0.2) is 0 Å². The molecule has 2 rings (SSSR count). The lowest BCUT2D eigenvalue weighted by Crippen LogP contribution is -1.78. The lowest BCUT2D eigenvalue weighted by Gasteiger charge is -1.81. The summed E-state index contributed by atoms with van der Waals surface area (Å²) in [5.41, 5.74) is 0. The first-order valence-corrected chi connectivity index (χ1v) is 3.93. The predicted octanol–water partition coefficient (Wildman–Crippen LogP) is 2.18. The topological polar surface area (TPSA) is 0 Å². The predicted molar refractivity (Wildman–Crippen MR) is 33.5 cm³/mol. The number of rotatable bonds is 1. The maximum absolute atomic E-state index is 3.59. The molecule has 40 valence electrons. The zero-order chi connectivity index (χ0) is 4.85. The third-order valence-corrected chi connectivity index (χ3v) is 3.04. The number of halogens is 1. The molecule has 2 fully saturated rings. The first-order valence-electron chi connectivity index (χ1n) is 3.02. The highest BCUT2D eigenvalue weighted by atomic mass is 79.9. The fraction of sp³-hybridized carbons (Fsp3) is 1.00. The minimum atomic E-state index is 0.917. The van der Waals surface area contributed by atoms with Gasteiger partial charge in [-0.2, -0.15) is 0 Å². The Kier molecular flexibility index (Phi) is 0.780. The van der Waals surface area contributed by atoms with Gasteiger partial charge in [0, 0.05) is 4.83 Å². The average Bonchev–Trinajstić information content (AvgIpc) is 2.23. The van der Waals surface area contributed by atoms with Crippen LogP contribution in [0.3, 0.4) is 0 Å². The van der Waals surface area contributed by atoms with E-state index in [1.54, 1.807) is 0 Å². The monoisotopic (exact) mass is 160 g/mol. The van der Waals surface area contributed by atoms with Gasteiger partial charge in [-0.15, -0.1) is 0 Å². The second-order valence-corrected chi connectivity index (χ2v) is 3.93. The van der Waals surface area contributed by atoms with Crippen LogP contribution < -0.4 is 0 Å². The molecule has 0 nitrogen and oxygen atoms in total. The highest BCUT2D eigenvalue weighted by Gasteiger charge is 2.45.